The standard InChI is InChI=1S/C15H19NO2/c1-9(2)13(8-16)15(17)12-6-7-14(18-5)11(4)10(12)3/h6-7,9,13H,1-5H3. The highest BCUT2D eigenvalue weighted by atomic mass is 16.5. The summed E-state index contributed by atoms with van der Waals surface area (Å²) in [6.45, 7) is 7.58. The first-order valence-corrected chi connectivity index (χ1v) is 6.02. The Kier molecular flexibility index (Phi) is 4.49. The maximum absolute atomic E-state index is 12.3. The van der Waals surface area contributed by atoms with E-state index in [0.717, 1.165) is 16.9 Å². The first-order valence-electron chi connectivity index (χ1n) is 6.02. The molecule has 0 bridgehead atoms. The third kappa shape index (κ3) is 2.53. The first kappa shape index (κ1) is 14.2. The SMILES string of the molecule is COc1ccc(C(=O)C(C#N)C(C)C)c(C)c1C. The molecule has 1 rings (SSSR count). The van der Waals surface area contributed by atoms with Crippen molar-refractivity contribution in [3.8, 4) is 11.8 Å². The molecule has 1 unspecified atom stereocenters. The number of benzene rings is 1. The number of ether oxygens (including phenoxy) is 1. The summed E-state index contributed by atoms with van der Waals surface area (Å²) < 4.78 is 5.22. The fourth-order valence-corrected chi connectivity index (χ4v) is 1.96. The van der Waals surface area contributed by atoms with Gasteiger partial charge in [-0.25, -0.2) is 0 Å². The van der Waals surface area contributed by atoms with Gasteiger partial charge in [-0.1, -0.05) is 13.8 Å². The third-order valence-electron chi connectivity index (χ3n) is 3.31. The highest BCUT2D eigenvalue weighted by Gasteiger charge is 2.25. The Hall–Kier alpha value is -1.82. The van der Waals surface area contributed by atoms with Gasteiger partial charge in [0.2, 0.25) is 0 Å². The van der Waals surface area contributed by atoms with Crippen molar-refractivity contribution in [2.45, 2.75) is 27.7 Å². The number of Topliss-reactive ketones (excluding diaryl/α,β-unsaturated/α-hetero) is 1. The van der Waals surface area contributed by atoms with E-state index in [4.69, 9.17) is 10.00 Å². The van der Waals surface area contributed by atoms with E-state index in [1.807, 2.05) is 27.7 Å². The normalized spacial score (nSPS) is 12.1. The maximum atomic E-state index is 12.3. The maximum Gasteiger partial charge on any atom is 0.180 e. The molecule has 0 heterocycles. The van der Waals surface area contributed by atoms with Crippen molar-refractivity contribution in [1.82, 2.24) is 0 Å². The molecule has 1 atom stereocenters. The minimum atomic E-state index is -0.587. The summed E-state index contributed by atoms with van der Waals surface area (Å²) in [7, 11) is 1.61. The van der Waals surface area contributed by atoms with Crippen LogP contribution in [0.5, 0.6) is 5.75 Å². The van der Waals surface area contributed by atoms with Gasteiger partial charge < -0.3 is 4.74 Å². The summed E-state index contributed by atoms with van der Waals surface area (Å²) in [5.74, 6) is 0.0960. The number of carbonyl (C=O) groups excluding carboxylic acids is 1. The van der Waals surface area contributed by atoms with Crippen LogP contribution in [0.4, 0.5) is 0 Å². The average molecular weight is 245 g/mol. The first-order chi connectivity index (χ1) is 8.43. The van der Waals surface area contributed by atoms with Crippen molar-refractivity contribution in [2.75, 3.05) is 7.11 Å². The molecule has 0 aliphatic rings. The van der Waals surface area contributed by atoms with Crippen LogP contribution in [0.15, 0.2) is 12.1 Å². The van der Waals surface area contributed by atoms with Crippen molar-refractivity contribution in [3.63, 3.8) is 0 Å². The lowest BCUT2D eigenvalue weighted by Gasteiger charge is -2.16. The van der Waals surface area contributed by atoms with E-state index in [1.165, 1.54) is 0 Å². The second-order valence-electron chi connectivity index (χ2n) is 4.78. The number of hydrogen-bond donors (Lipinski definition) is 0. The van der Waals surface area contributed by atoms with Crippen LogP contribution in [0.1, 0.15) is 35.3 Å². The molecule has 3 heteroatoms. The summed E-state index contributed by atoms with van der Waals surface area (Å²) in [6, 6.07) is 5.62. The van der Waals surface area contributed by atoms with Gasteiger partial charge in [0.1, 0.15) is 11.7 Å². The molecule has 0 amide bonds. The predicted octanol–water partition coefficient (Wildman–Crippen LogP) is 3.29. The molecule has 1 aromatic rings. The van der Waals surface area contributed by atoms with Gasteiger partial charge in [0.15, 0.2) is 5.78 Å². The number of nitriles is 1. The van der Waals surface area contributed by atoms with Crippen LogP contribution >= 0.6 is 0 Å². The lowest BCUT2D eigenvalue weighted by Crippen LogP contribution is -2.20. The highest BCUT2D eigenvalue weighted by molar-refractivity contribution is 6.01. The Balaban J connectivity index is 3.23. The van der Waals surface area contributed by atoms with Crippen LogP contribution in [-0.4, -0.2) is 12.9 Å². The molecule has 0 aromatic heterocycles. The summed E-state index contributed by atoms with van der Waals surface area (Å²) in [5, 5.41) is 9.09. The predicted molar refractivity (Wildman–Crippen MR) is 70.7 cm³/mol. The van der Waals surface area contributed by atoms with E-state index in [9.17, 15) is 4.79 Å². The molecular formula is C15H19NO2. The molecule has 18 heavy (non-hydrogen) atoms. The van der Waals surface area contributed by atoms with Gasteiger partial charge >= 0.3 is 0 Å². The van der Waals surface area contributed by atoms with Crippen LogP contribution in [-0.2, 0) is 0 Å². The third-order valence-corrected chi connectivity index (χ3v) is 3.31. The number of rotatable bonds is 4. The van der Waals surface area contributed by atoms with Crippen LogP contribution in [0.25, 0.3) is 0 Å². The van der Waals surface area contributed by atoms with E-state index in [-0.39, 0.29) is 11.7 Å². The zero-order chi connectivity index (χ0) is 13.9. The molecule has 0 radical (unpaired) electrons. The Bertz CT molecular complexity index is 498. The van der Waals surface area contributed by atoms with Crippen molar-refractivity contribution in [3.05, 3.63) is 28.8 Å². The molecule has 0 saturated heterocycles. The van der Waals surface area contributed by atoms with Crippen LogP contribution in [0, 0.1) is 37.0 Å². The molecule has 0 spiro atoms. The fraction of sp³-hybridized carbons (Fsp3) is 0.467. The molecule has 3 nitrogen and oxygen atoms in total. The molecular weight excluding hydrogens is 226 g/mol. The summed E-state index contributed by atoms with van der Waals surface area (Å²) in [4.78, 5) is 12.3. The summed E-state index contributed by atoms with van der Waals surface area (Å²) in [5.41, 5.74) is 2.46. The van der Waals surface area contributed by atoms with E-state index in [1.54, 1.807) is 19.2 Å². The number of hydrogen-bond acceptors (Lipinski definition) is 3. The van der Waals surface area contributed by atoms with Crippen molar-refractivity contribution >= 4 is 5.78 Å². The fourth-order valence-electron chi connectivity index (χ4n) is 1.96. The largest absolute Gasteiger partial charge is 0.496 e. The van der Waals surface area contributed by atoms with Gasteiger partial charge in [-0.2, -0.15) is 5.26 Å². The van der Waals surface area contributed by atoms with Crippen molar-refractivity contribution in [2.24, 2.45) is 11.8 Å². The smallest absolute Gasteiger partial charge is 0.180 e. The van der Waals surface area contributed by atoms with Gasteiger partial charge in [-0.05, 0) is 43.0 Å². The van der Waals surface area contributed by atoms with Crippen LogP contribution < -0.4 is 4.74 Å². The minimum Gasteiger partial charge on any atom is -0.496 e. The minimum absolute atomic E-state index is 0.0179. The van der Waals surface area contributed by atoms with E-state index in [2.05, 4.69) is 6.07 Å². The van der Waals surface area contributed by atoms with E-state index >= 15 is 0 Å². The van der Waals surface area contributed by atoms with Crippen LogP contribution in [0.2, 0.25) is 0 Å². The van der Waals surface area contributed by atoms with Crippen molar-refractivity contribution < 1.29 is 9.53 Å². The molecule has 0 saturated carbocycles. The quantitative estimate of drug-likeness (QED) is 0.765. The van der Waals surface area contributed by atoms with Gasteiger partial charge in [0, 0.05) is 5.56 Å². The molecule has 0 fully saturated rings. The van der Waals surface area contributed by atoms with E-state index < -0.39 is 5.92 Å². The average Bonchev–Trinajstić information content (AvgIpc) is 2.32. The van der Waals surface area contributed by atoms with Crippen LogP contribution in [0.3, 0.4) is 0 Å². The van der Waals surface area contributed by atoms with Gasteiger partial charge in [-0.3, -0.25) is 4.79 Å². The lowest BCUT2D eigenvalue weighted by atomic mass is 9.86. The second-order valence-corrected chi connectivity index (χ2v) is 4.78. The highest BCUT2D eigenvalue weighted by Crippen LogP contribution is 2.27. The summed E-state index contributed by atoms with van der Waals surface area (Å²) >= 11 is 0. The Labute approximate surface area is 108 Å². The van der Waals surface area contributed by atoms with Gasteiger partial charge in [0.05, 0.1) is 13.2 Å². The monoisotopic (exact) mass is 245 g/mol. The molecule has 0 N–H and O–H groups in total. The molecule has 0 aliphatic heterocycles. The van der Waals surface area contributed by atoms with Gasteiger partial charge in [0.25, 0.3) is 0 Å². The number of ketones is 1. The topological polar surface area (TPSA) is 50.1 Å². The van der Waals surface area contributed by atoms with Gasteiger partial charge in [-0.15, -0.1) is 0 Å². The Morgan fingerprint density at radius 1 is 1.28 bits per heavy atom. The zero-order valence-electron chi connectivity index (χ0n) is 11.6. The molecule has 96 valence electrons. The van der Waals surface area contributed by atoms with E-state index in [0.29, 0.717) is 5.56 Å². The number of carbonyl (C=O) groups is 1. The summed E-state index contributed by atoms with van der Waals surface area (Å²) in [6.07, 6.45) is 0. The molecule has 0 aliphatic carbocycles. The number of nitrogens with zero attached hydrogens (tertiary/aromatic N) is 1. The Morgan fingerprint density at radius 3 is 2.33 bits per heavy atom. The second kappa shape index (κ2) is 5.68. The lowest BCUT2D eigenvalue weighted by molar-refractivity contribution is 0.0923. The zero-order valence-corrected chi connectivity index (χ0v) is 11.6. The molecule has 1 aromatic carbocycles. The number of methoxy groups -OCH3 is 1. The Morgan fingerprint density at radius 2 is 1.89 bits per heavy atom. The van der Waals surface area contributed by atoms with Crippen molar-refractivity contribution in [1.29, 1.82) is 5.26 Å².